The first-order valence-corrected chi connectivity index (χ1v) is 13.4. The standard InChI is InChI=1S/C27H29Cl2F2N5O4/c1-15-21(10-33-36(15)20-5-3-17(4-6-20)26(38)34-40-2)27(39)35(13-16-7-18(30)9-19(31)8-16)14-24(37)25-22(28)11-32-12-23(25)29/h7-12,17,20,24,37H,3-6,13-14H2,1-2H3,(H,34,38). The van der Waals surface area contributed by atoms with Gasteiger partial charge in [-0.15, -0.1) is 0 Å². The molecule has 1 aromatic carbocycles. The summed E-state index contributed by atoms with van der Waals surface area (Å²) < 4.78 is 29.7. The summed E-state index contributed by atoms with van der Waals surface area (Å²) in [6.45, 7) is 1.29. The van der Waals surface area contributed by atoms with Crippen LogP contribution in [0.5, 0.6) is 0 Å². The van der Waals surface area contributed by atoms with Gasteiger partial charge in [0.05, 0.1) is 47.6 Å². The van der Waals surface area contributed by atoms with E-state index in [2.05, 4.69) is 15.6 Å². The SMILES string of the molecule is CONC(=O)C1CCC(n2ncc(C(=O)N(Cc3cc(F)cc(F)c3)CC(O)c3c(Cl)cncc3Cl)c2C)CC1. The van der Waals surface area contributed by atoms with Gasteiger partial charge in [0.1, 0.15) is 11.6 Å². The molecule has 1 atom stereocenters. The molecule has 2 N–H and O–H groups in total. The third-order valence-corrected chi connectivity index (χ3v) is 7.69. The van der Waals surface area contributed by atoms with Gasteiger partial charge in [0.25, 0.3) is 5.91 Å². The van der Waals surface area contributed by atoms with Crippen LogP contribution in [-0.2, 0) is 16.2 Å². The lowest BCUT2D eigenvalue weighted by molar-refractivity contribution is -0.136. The number of amides is 2. The normalized spacial score (nSPS) is 17.9. The fraction of sp³-hybridized carbons (Fsp3) is 0.407. The van der Waals surface area contributed by atoms with Crippen LogP contribution in [0.4, 0.5) is 8.78 Å². The van der Waals surface area contributed by atoms with Crippen molar-refractivity contribution in [3.63, 3.8) is 0 Å². The minimum absolute atomic E-state index is 0.0149. The lowest BCUT2D eigenvalue weighted by Gasteiger charge is -2.29. The van der Waals surface area contributed by atoms with Crippen molar-refractivity contribution in [3.05, 3.63) is 80.9 Å². The van der Waals surface area contributed by atoms with E-state index in [0.29, 0.717) is 31.4 Å². The molecule has 1 aliphatic carbocycles. The van der Waals surface area contributed by atoms with Crippen LogP contribution >= 0.6 is 23.2 Å². The quantitative estimate of drug-likeness (QED) is 0.338. The van der Waals surface area contributed by atoms with Crippen LogP contribution in [0.1, 0.15) is 65.0 Å². The Hall–Kier alpha value is -3.12. The number of halogens is 4. The van der Waals surface area contributed by atoms with Crippen LogP contribution in [0.25, 0.3) is 0 Å². The van der Waals surface area contributed by atoms with E-state index in [0.717, 1.165) is 18.2 Å². The summed E-state index contributed by atoms with van der Waals surface area (Å²) >= 11 is 12.4. The molecule has 13 heteroatoms. The van der Waals surface area contributed by atoms with Crippen molar-refractivity contribution in [2.45, 2.75) is 51.3 Å². The van der Waals surface area contributed by atoms with Crippen molar-refractivity contribution in [2.24, 2.45) is 5.92 Å². The second-order valence-electron chi connectivity index (χ2n) is 9.76. The molecular formula is C27H29Cl2F2N5O4. The summed E-state index contributed by atoms with van der Waals surface area (Å²) in [6, 6.07) is 2.97. The van der Waals surface area contributed by atoms with Crippen molar-refractivity contribution in [3.8, 4) is 0 Å². The highest BCUT2D eigenvalue weighted by atomic mass is 35.5. The molecule has 1 aliphatic rings. The van der Waals surface area contributed by atoms with Crippen molar-refractivity contribution in [1.29, 1.82) is 0 Å². The second-order valence-corrected chi connectivity index (χ2v) is 10.6. The van der Waals surface area contributed by atoms with Crippen LogP contribution < -0.4 is 5.48 Å². The average Bonchev–Trinajstić information content (AvgIpc) is 3.28. The number of nitrogens with one attached hydrogen (secondary N) is 1. The number of carbonyl (C=O) groups excluding carboxylic acids is 2. The van der Waals surface area contributed by atoms with Gasteiger partial charge in [0, 0.05) is 42.2 Å². The molecule has 0 radical (unpaired) electrons. The highest BCUT2D eigenvalue weighted by molar-refractivity contribution is 6.35. The Morgan fingerprint density at radius 3 is 2.35 bits per heavy atom. The first-order valence-electron chi connectivity index (χ1n) is 12.7. The van der Waals surface area contributed by atoms with E-state index in [1.54, 1.807) is 11.6 Å². The molecule has 2 amide bonds. The summed E-state index contributed by atoms with van der Waals surface area (Å²) in [6.07, 6.45) is 5.42. The number of hydrogen-bond donors (Lipinski definition) is 2. The van der Waals surface area contributed by atoms with Crippen LogP contribution in [0.2, 0.25) is 10.0 Å². The molecule has 1 fully saturated rings. The first-order chi connectivity index (χ1) is 19.1. The second kappa shape index (κ2) is 13.0. The Balaban J connectivity index is 1.58. The number of hydroxylamine groups is 1. The predicted molar refractivity (Wildman–Crippen MR) is 143 cm³/mol. The van der Waals surface area contributed by atoms with E-state index in [1.807, 2.05) is 0 Å². The van der Waals surface area contributed by atoms with Gasteiger partial charge < -0.3 is 10.0 Å². The average molecular weight is 596 g/mol. The van der Waals surface area contributed by atoms with Gasteiger partial charge in [-0.3, -0.25) is 24.1 Å². The summed E-state index contributed by atoms with van der Waals surface area (Å²) in [4.78, 5) is 35.8. The fourth-order valence-electron chi connectivity index (χ4n) is 5.12. The highest BCUT2D eigenvalue weighted by Crippen LogP contribution is 2.34. The Morgan fingerprint density at radius 1 is 1.12 bits per heavy atom. The highest BCUT2D eigenvalue weighted by Gasteiger charge is 2.31. The lowest BCUT2D eigenvalue weighted by Crippen LogP contribution is -2.35. The number of benzene rings is 1. The molecular weight excluding hydrogens is 567 g/mol. The molecule has 0 spiro atoms. The minimum atomic E-state index is -1.31. The van der Waals surface area contributed by atoms with Crippen LogP contribution in [0.15, 0.2) is 36.8 Å². The summed E-state index contributed by atoms with van der Waals surface area (Å²) in [5.74, 6) is -2.40. The summed E-state index contributed by atoms with van der Waals surface area (Å²) in [7, 11) is 1.39. The molecule has 2 aromatic heterocycles. The van der Waals surface area contributed by atoms with Crippen LogP contribution in [-0.4, -0.2) is 50.2 Å². The van der Waals surface area contributed by atoms with Gasteiger partial charge in [-0.2, -0.15) is 5.10 Å². The van der Waals surface area contributed by atoms with Gasteiger partial charge in [0.15, 0.2) is 0 Å². The topological polar surface area (TPSA) is 110 Å². The molecule has 0 aliphatic heterocycles. The molecule has 40 heavy (non-hydrogen) atoms. The van der Waals surface area contributed by atoms with Crippen molar-refractivity contribution in [1.82, 2.24) is 25.1 Å². The molecule has 2 heterocycles. The zero-order valence-corrected chi connectivity index (χ0v) is 23.4. The number of carbonyl (C=O) groups is 2. The number of aliphatic hydroxyl groups excluding tert-OH is 1. The molecule has 1 unspecified atom stereocenters. The van der Waals surface area contributed by atoms with Gasteiger partial charge in [-0.1, -0.05) is 23.2 Å². The first kappa shape index (κ1) is 29.9. The van der Waals surface area contributed by atoms with E-state index in [-0.39, 0.29) is 57.7 Å². The maximum atomic E-state index is 13.9. The molecule has 0 bridgehead atoms. The molecule has 0 saturated heterocycles. The number of aliphatic hydroxyl groups is 1. The van der Waals surface area contributed by atoms with Crippen molar-refractivity contribution in [2.75, 3.05) is 13.7 Å². The smallest absolute Gasteiger partial charge is 0.257 e. The van der Waals surface area contributed by atoms with Gasteiger partial charge >= 0.3 is 0 Å². The molecule has 9 nitrogen and oxygen atoms in total. The summed E-state index contributed by atoms with van der Waals surface area (Å²) in [5, 5.41) is 15.7. The zero-order chi connectivity index (χ0) is 29.0. The molecule has 214 valence electrons. The Labute approximate surface area is 240 Å². The third-order valence-electron chi connectivity index (χ3n) is 7.09. The number of hydrogen-bond acceptors (Lipinski definition) is 6. The van der Waals surface area contributed by atoms with E-state index < -0.39 is 23.6 Å². The Bertz CT molecular complexity index is 1340. The van der Waals surface area contributed by atoms with Crippen molar-refractivity contribution >= 4 is 35.0 Å². The van der Waals surface area contributed by atoms with Crippen LogP contribution in [0.3, 0.4) is 0 Å². The maximum absolute atomic E-state index is 13.9. The van der Waals surface area contributed by atoms with E-state index >= 15 is 0 Å². The van der Waals surface area contributed by atoms with Crippen LogP contribution in [0, 0.1) is 24.5 Å². The van der Waals surface area contributed by atoms with Gasteiger partial charge in [-0.05, 0) is 50.3 Å². The Morgan fingerprint density at radius 2 is 1.75 bits per heavy atom. The summed E-state index contributed by atoms with van der Waals surface area (Å²) in [5.41, 5.74) is 3.63. The monoisotopic (exact) mass is 595 g/mol. The maximum Gasteiger partial charge on any atom is 0.257 e. The molecule has 4 rings (SSSR count). The van der Waals surface area contributed by atoms with Crippen molar-refractivity contribution < 1.29 is 28.3 Å². The zero-order valence-electron chi connectivity index (χ0n) is 21.9. The Kier molecular flexibility index (Phi) is 9.72. The van der Waals surface area contributed by atoms with E-state index in [1.165, 1.54) is 30.6 Å². The number of rotatable bonds is 9. The number of nitrogens with zero attached hydrogens (tertiary/aromatic N) is 4. The minimum Gasteiger partial charge on any atom is -0.386 e. The fourth-order valence-corrected chi connectivity index (χ4v) is 5.74. The van der Waals surface area contributed by atoms with E-state index in [4.69, 9.17) is 28.0 Å². The predicted octanol–water partition coefficient (Wildman–Crippen LogP) is 4.96. The number of pyridine rings is 1. The van der Waals surface area contributed by atoms with Gasteiger partial charge in [0.2, 0.25) is 5.91 Å². The lowest BCUT2D eigenvalue weighted by atomic mass is 9.85. The largest absolute Gasteiger partial charge is 0.386 e. The van der Waals surface area contributed by atoms with E-state index in [9.17, 15) is 23.5 Å². The number of aromatic nitrogens is 3. The van der Waals surface area contributed by atoms with Gasteiger partial charge in [-0.25, -0.2) is 14.3 Å². The molecule has 3 aromatic rings. The molecule has 1 saturated carbocycles. The third kappa shape index (κ3) is 6.77.